The summed E-state index contributed by atoms with van der Waals surface area (Å²) >= 11 is 0. The van der Waals surface area contributed by atoms with Gasteiger partial charge in [0.15, 0.2) is 0 Å². The van der Waals surface area contributed by atoms with Crippen LogP contribution in [0.1, 0.15) is 38.7 Å². The third-order valence-corrected chi connectivity index (χ3v) is 4.07. The molecule has 1 amide bonds. The van der Waals surface area contributed by atoms with E-state index in [0.29, 0.717) is 6.61 Å². The minimum Gasteiger partial charge on any atom is -0.466 e. The number of amides is 1. The predicted octanol–water partition coefficient (Wildman–Crippen LogP) is 2.49. The monoisotopic (exact) mass is 289 g/mol. The Hall–Kier alpha value is -1.84. The fraction of sp³-hybridized carbons (Fsp3) is 0.529. The molecule has 4 nitrogen and oxygen atoms in total. The predicted molar refractivity (Wildman–Crippen MR) is 80.7 cm³/mol. The van der Waals surface area contributed by atoms with Gasteiger partial charge in [-0.3, -0.25) is 9.59 Å². The van der Waals surface area contributed by atoms with E-state index in [1.54, 1.807) is 6.92 Å². The Balaban J connectivity index is 2.27. The molecule has 1 aliphatic heterocycles. The lowest BCUT2D eigenvalue weighted by Crippen LogP contribution is -2.35. The molecule has 0 spiro atoms. The Morgan fingerprint density at radius 3 is 2.52 bits per heavy atom. The van der Waals surface area contributed by atoms with Crippen LogP contribution >= 0.6 is 0 Å². The Morgan fingerprint density at radius 2 is 1.95 bits per heavy atom. The molecule has 1 fully saturated rings. The summed E-state index contributed by atoms with van der Waals surface area (Å²) in [6, 6.07) is 9.68. The summed E-state index contributed by atoms with van der Waals surface area (Å²) in [7, 11) is 0. The Bertz CT molecular complexity index is 498. The summed E-state index contributed by atoms with van der Waals surface area (Å²) in [5.74, 6) is -0.274. The lowest BCUT2D eigenvalue weighted by molar-refractivity contribution is -0.144. The first kappa shape index (κ1) is 15.5. The Morgan fingerprint density at radius 1 is 1.29 bits per heavy atom. The van der Waals surface area contributed by atoms with E-state index < -0.39 is 0 Å². The number of nitrogens with one attached hydrogen (secondary N) is 1. The van der Waals surface area contributed by atoms with E-state index in [2.05, 4.69) is 19.2 Å². The molecule has 0 bridgehead atoms. The van der Waals surface area contributed by atoms with E-state index >= 15 is 0 Å². The zero-order valence-corrected chi connectivity index (χ0v) is 12.8. The number of esters is 1. The second kappa shape index (κ2) is 6.74. The number of ether oxygens (including phenoxy) is 1. The number of carbonyl (C=O) groups excluding carboxylic acids is 2. The van der Waals surface area contributed by atoms with Crippen LogP contribution in [0.3, 0.4) is 0 Å². The van der Waals surface area contributed by atoms with Gasteiger partial charge in [-0.15, -0.1) is 0 Å². The number of benzene rings is 1. The average Bonchev–Trinajstić information content (AvgIpc) is 2.77. The van der Waals surface area contributed by atoms with Crippen LogP contribution in [-0.4, -0.2) is 24.5 Å². The molecule has 0 unspecified atom stereocenters. The summed E-state index contributed by atoms with van der Waals surface area (Å²) in [5.41, 5.74) is 0.965. The summed E-state index contributed by atoms with van der Waals surface area (Å²) in [6.07, 6.45) is 0.273. The molecule has 1 aromatic rings. The quantitative estimate of drug-likeness (QED) is 0.847. The molecule has 114 valence electrons. The minimum atomic E-state index is -0.275. The van der Waals surface area contributed by atoms with E-state index in [1.807, 2.05) is 30.3 Å². The SMILES string of the molecule is CCOC(=O)C[C@@H]1[C@@H](c2ccccc2)C(=O)N[C@H]1C(C)C. The standard InChI is InChI=1S/C17H23NO3/c1-4-21-14(19)10-13-15(12-8-6-5-7-9-12)17(20)18-16(13)11(2)3/h5-9,11,13,15-16H,4,10H2,1-3H3,(H,18,20)/t13-,15-,16+/m1/s1. The molecule has 1 N–H and O–H groups in total. The fourth-order valence-electron chi connectivity index (χ4n) is 3.14. The number of carbonyl (C=O) groups is 2. The maximum Gasteiger partial charge on any atom is 0.306 e. The molecule has 0 aliphatic carbocycles. The van der Waals surface area contributed by atoms with Gasteiger partial charge in [0, 0.05) is 12.0 Å². The molecule has 0 saturated carbocycles. The van der Waals surface area contributed by atoms with Gasteiger partial charge in [0.1, 0.15) is 0 Å². The van der Waals surface area contributed by atoms with Gasteiger partial charge >= 0.3 is 5.97 Å². The lowest BCUT2D eigenvalue weighted by Gasteiger charge is -2.24. The first-order valence-electron chi connectivity index (χ1n) is 7.55. The topological polar surface area (TPSA) is 55.4 Å². The molecule has 21 heavy (non-hydrogen) atoms. The van der Waals surface area contributed by atoms with Gasteiger partial charge in [-0.25, -0.2) is 0 Å². The first-order valence-corrected chi connectivity index (χ1v) is 7.55. The van der Waals surface area contributed by atoms with Crippen LogP contribution < -0.4 is 5.32 Å². The van der Waals surface area contributed by atoms with Gasteiger partial charge in [0.05, 0.1) is 18.9 Å². The van der Waals surface area contributed by atoms with Crippen molar-refractivity contribution in [2.45, 2.75) is 39.2 Å². The van der Waals surface area contributed by atoms with Crippen molar-refractivity contribution in [3.05, 3.63) is 35.9 Å². The number of hydrogen-bond acceptors (Lipinski definition) is 3. The maximum atomic E-state index is 12.4. The molecule has 1 aliphatic rings. The van der Waals surface area contributed by atoms with Crippen molar-refractivity contribution in [3.8, 4) is 0 Å². The van der Waals surface area contributed by atoms with E-state index in [1.165, 1.54) is 0 Å². The van der Waals surface area contributed by atoms with Crippen molar-refractivity contribution in [3.63, 3.8) is 0 Å². The zero-order valence-electron chi connectivity index (χ0n) is 12.8. The van der Waals surface area contributed by atoms with Gasteiger partial charge in [0.2, 0.25) is 5.91 Å². The zero-order chi connectivity index (χ0) is 15.4. The molecular formula is C17H23NO3. The maximum absolute atomic E-state index is 12.4. The minimum absolute atomic E-state index is 0.00659. The average molecular weight is 289 g/mol. The van der Waals surface area contributed by atoms with Gasteiger partial charge in [0.25, 0.3) is 0 Å². The molecule has 0 radical (unpaired) electrons. The van der Waals surface area contributed by atoms with E-state index in [4.69, 9.17) is 4.74 Å². The van der Waals surface area contributed by atoms with Crippen molar-refractivity contribution < 1.29 is 14.3 Å². The molecule has 3 atom stereocenters. The van der Waals surface area contributed by atoms with Gasteiger partial charge in [-0.2, -0.15) is 0 Å². The lowest BCUT2D eigenvalue weighted by atomic mass is 9.79. The van der Waals surface area contributed by atoms with Gasteiger partial charge in [-0.05, 0) is 18.4 Å². The highest BCUT2D eigenvalue weighted by Crippen LogP contribution is 2.38. The normalized spacial score (nSPS) is 25.0. The third kappa shape index (κ3) is 3.43. The molecule has 1 aromatic carbocycles. The molecule has 2 rings (SSSR count). The highest BCUT2D eigenvalue weighted by atomic mass is 16.5. The second-order valence-electron chi connectivity index (χ2n) is 5.84. The Labute approximate surface area is 125 Å². The van der Waals surface area contributed by atoms with Gasteiger partial charge < -0.3 is 10.1 Å². The van der Waals surface area contributed by atoms with Crippen molar-refractivity contribution in [1.82, 2.24) is 5.32 Å². The van der Waals surface area contributed by atoms with Crippen LogP contribution in [0.2, 0.25) is 0 Å². The van der Waals surface area contributed by atoms with Crippen LogP contribution in [0.5, 0.6) is 0 Å². The summed E-state index contributed by atoms with van der Waals surface area (Å²) in [6.45, 7) is 6.30. The second-order valence-corrected chi connectivity index (χ2v) is 5.84. The van der Waals surface area contributed by atoms with Crippen LogP contribution in [0.25, 0.3) is 0 Å². The van der Waals surface area contributed by atoms with Gasteiger partial charge in [-0.1, -0.05) is 44.2 Å². The molecule has 0 aromatic heterocycles. The summed E-state index contributed by atoms with van der Waals surface area (Å²) < 4.78 is 5.07. The Kier molecular flexibility index (Phi) is 4.99. The van der Waals surface area contributed by atoms with E-state index in [0.717, 1.165) is 5.56 Å². The van der Waals surface area contributed by atoms with Crippen molar-refractivity contribution >= 4 is 11.9 Å². The van der Waals surface area contributed by atoms with Crippen molar-refractivity contribution in [2.75, 3.05) is 6.61 Å². The fourth-order valence-corrected chi connectivity index (χ4v) is 3.14. The van der Waals surface area contributed by atoms with E-state index in [9.17, 15) is 9.59 Å². The summed E-state index contributed by atoms with van der Waals surface area (Å²) in [5, 5.41) is 3.05. The smallest absolute Gasteiger partial charge is 0.306 e. The van der Waals surface area contributed by atoms with Crippen LogP contribution in [0, 0.1) is 11.8 Å². The first-order chi connectivity index (χ1) is 10.0. The molecule has 1 saturated heterocycles. The molecule has 1 heterocycles. The molecular weight excluding hydrogens is 266 g/mol. The van der Waals surface area contributed by atoms with Crippen LogP contribution in [0.4, 0.5) is 0 Å². The van der Waals surface area contributed by atoms with Crippen LogP contribution in [-0.2, 0) is 14.3 Å². The third-order valence-electron chi connectivity index (χ3n) is 4.07. The summed E-state index contributed by atoms with van der Waals surface area (Å²) in [4.78, 5) is 24.3. The highest BCUT2D eigenvalue weighted by molar-refractivity contribution is 5.88. The highest BCUT2D eigenvalue weighted by Gasteiger charge is 2.45. The van der Waals surface area contributed by atoms with Crippen molar-refractivity contribution in [2.24, 2.45) is 11.8 Å². The largest absolute Gasteiger partial charge is 0.466 e. The van der Waals surface area contributed by atoms with Crippen LogP contribution in [0.15, 0.2) is 30.3 Å². The molecule has 4 heteroatoms. The van der Waals surface area contributed by atoms with Crippen molar-refractivity contribution in [1.29, 1.82) is 0 Å². The number of hydrogen-bond donors (Lipinski definition) is 1. The number of rotatable bonds is 5. The van der Waals surface area contributed by atoms with E-state index in [-0.39, 0.29) is 42.1 Å².